The van der Waals surface area contributed by atoms with Crippen molar-refractivity contribution in [2.24, 2.45) is 5.73 Å². The predicted octanol–water partition coefficient (Wildman–Crippen LogP) is 1.66. The van der Waals surface area contributed by atoms with Gasteiger partial charge >= 0.3 is 5.97 Å². The van der Waals surface area contributed by atoms with Crippen molar-refractivity contribution < 1.29 is 9.90 Å². The third-order valence-electron chi connectivity index (χ3n) is 2.65. The fourth-order valence-corrected chi connectivity index (χ4v) is 1.53. The largest absolute Gasteiger partial charge is 0.480 e. The van der Waals surface area contributed by atoms with Crippen LogP contribution >= 0.6 is 11.6 Å². The van der Waals surface area contributed by atoms with Gasteiger partial charge in [-0.15, -0.1) is 0 Å². The van der Waals surface area contributed by atoms with Crippen LogP contribution in [0.5, 0.6) is 0 Å². The highest BCUT2D eigenvalue weighted by molar-refractivity contribution is 6.21. The highest BCUT2D eigenvalue weighted by atomic mass is 35.5. The Labute approximate surface area is 106 Å². The van der Waals surface area contributed by atoms with Gasteiger partial charge < -0.3 is 15.7 Å². The van der Waals surface area contributed by atoms with Crippen LogP contribution in [0.4, 0.5) is 5.69 Å². The molecule has 5 heteroatoms. The number of halogens is 1. The van der Waals surface area contributed by atoms with Gasteiger partial charge in [0.2, 0.25) is 0 Å². The van der Waals surface area contributed by atoms with E-state index in [0.717, 1.165) is 11.3 Å². The fraction of sp³-hybridized carbons (Fsp3) is 0.417. The number of rotatable bonds is 5. The van der Waals surface area contributed by atoms with Crippen molar-refractivity contribution >= 4 is 23.3 Å². The monoisotopic (exact) mass is 256 g/mol. The Kier molecular flexibility index (Phi) is 4.78. The lowest BCUT2D eigenvalue weighted by Gasteiger charge is -2.22. The summed E-state index contributed by atoms with van der Waals surface area (Å²) in [7, 11) is 1.90. The summed E-state index contributed by atoms with van der Waals surface area (Å²) in [5.41, 5.74) is 7.26. The van der Waals surface area contributed by atoms with E-state index < -0.39 is 12.0 Å². The summed E-state index contributed by atoms with van der Waals surface area (Å²) in [5, 5.41) is 8.71. The van der Waals surface area contributed by atoms with Gasteiger partial charge in [0.05, 0.1) is 0 Å². The van der Waals surface area contributed by atoms with Crippen molar-refractivity contribution in [1.82, 2.24) is 0 Å². The highest BCUT2D eigenvalue weighted by Gasteiger charge is 2.12. The molecule has 2 atom stereocenters. The van der Waals surface area contributed by atoms with E-state index in [1.54, 1.807) is 0 Å². The number of nitrogens with two attached hydrogens (primary N) is 1. The minimum atomic E-state index is -0.986. The van der Waals surface area contributed by atoms with E-state index in [4.69, 9.17) is 22.4 Å². The molecular weight excluding hydrogens is 240 g/mol. The molecule has 0 saturated heterocycles. The number of carboxylic acid groups (broad SMARTS) is 1. The summed E-state index contributed by atoms with van der Waals surface area (Å²) in [6.45, 7) is 1.88. The Hall–Kier alpha value is -1.26. The molecule has 1 aromatic carbocycles. The molecule has 1 rings (SSSR count). The van der Waals surface area contributed by atoms with Gasteiger partial charge in [0.15, 0.2) is 0 Å². The summed E-state index contributed by atoms with van der Waals surface area (Å²) in [4.78, 5) is 12.5. The number of hydrogen-bond acceptors (Lipinski definition) is 3. The van der Waals surface area contributed by atoms with Crippen molar-refractivity contribution in [3.63, 3.8) is 0 Å². The molecule has 0 aliphatic heterocycles. The molecule has 17 heavy (non-hydrogen) atoms. The van der Waals surface area contributed by atoms with Gasteiger partial charge in [-0.05, 0) is 31.0 Å². The molecule has 3 N–H and O–H groups in total. The fourth-order valence-electron chi connectivity index (χ4n) is 1.41. The number of nitrogens with zero attached hydrogens (tertiary/aromatic N) is 1. The van der Waals surface area contributed by atoms with Crippen LogP contribution in [0.15, 0.2) is 24.3 Å². The Morgan fingerprint density at radius 3 is 2.41 bits per heavy atom. The minimum Gasteiger partial charge on any atom is -0.480 e. The molecule has 0 saturated carbocycles. The first-order valence-electron chi connectivity index (χ1n) is 5.36. The molecular formula is C12H17ClN2O2. The smallest absolute Gasteiger partial charge is 0.320 e. The molecule has 0 aliphatic rings. The minimum absolute atomic E-state index is 0.0953. The third-order valence-corrected chi connectivity index (χ3v) is 2.94. The zero-order chi connectivity index (χ0) is 13.0. The molecule has 0 heterocycles. The number of benzene rings is 1. The van der Waals surface area contributed by atoms with Gasteiger partial charge in [-0.3, -0.25) is 4.79 Å². The second kappa shape index (κ2) is 5.89. The molecule has 0 aliphatic carbocycles. The zero-order valence-electron chi connectivity index (χ0n) is 9.93. The van der Waals surface area contributed by atoms with Crippen molar-refractivity contribution in [2.75, 3.05) is 11.9 Å². The normalized spacial score (nSPS) is 14.1. The average molecular weight is 257 g/mol. The van der Waals surface area contributed by atoms with Gasteiger partial charge in [-0.25, -0.2) is 0 Å². The highest BCUT2D eigenvalue weighted by Crippen LogP contribution is 2.18. The molecule has 0 spiro atoms. The second-order valence-electron chi connectivity index (χ2n) is 4.00. The average Bonchev–Trinajstić information content (AvgIpc) is 2.28. The van der Waals surface area contributed by atoms with Gasteiger partial charge in [-0.1, -0.05) is 23.7 Å². The number of hydrogen-bond donors (Lipinski definition) is 2. The molecule has 0 radical (unpaired) electrons. The van der Waals surface area contributed by atoms with Crippen LogP contribution in [-0.4, -0.2) is 29.7 Å². The molecule has 0 aromatic heterocycles. The quantitative estimate of drug-likeness (QED) is 0.621. The SMILES string of the molecule is CC(Cl)N(C)c1ccc(CC(N)C(=O)O)cc1. The third kappa shape index (κ3) is 3.91. The Bertz CT molecular complexity index is 379. The van der Waals surface area contributed by atoms with Crippen molar-refractivity contribution in [1.29, 1.82) is 0 Å². The standard InChI is InChI=1S/C12H17ClN2O2/c1-8(13)15(2)10-5-3-9(4-6-10)7-11(14)12(16)17/h3-6,8,11H,7,14H2,1-2H3,(H,16,17). The maximum Gasteiger partial charge on any atom is 0.320 e. The first-order valence-corrected chi connectivity index (χ1v) is 5.79. The van der Waals surface area contributed by atoms with Crippen LogP contribution in [0.1, 0.15) is 12.5 Å². The van der Waals surface area contributed by atoms with Crippen molar-refractivity contribution in [2.45, 2.75) is 24.9 Å². The molecule has 0 bridgehead atoms. The van der Waals surface area contributed by atoms with Crippen LogP contribution in [0.2, 0.25) is 0 Å². The topological polar surface area (TPSA) is 66.6 Å². The Balaban J connectivity index is 2.71. The molecule has 1 aromatic rings. The van der Waals surface area contributed by atoms with Crippen molar-refractivity contribution in [3.05, 3.63) is 29.8 Å². The van der Waals surface area contributed by atoms with Crippen LogP contribution in [0.25, 0.3) is 0 Å². The lowest BCUT2D eigenvalue weighted by Crippen LogP contribution is -2.32. The Morgan fingerprint density at radius 1 is 1.47 bits per heavy atom. The number of carboxylic acids is 1. The zero-order valence-corrected chi connectivity index (χ0v) is 10.7. The van der Waals surface area contributed by atoms with E-state index in [0.29, 0.717) is 6.42 Å². The summed E-state index contributed by atoms with van der Waals surface area (Å²) < 4.78 is 0. The van der Waals surface area contributed by atoms with Crippen molar-refractivity contribution in [3.8, 4) is 0 Å². The lowest BCUT2D eigenvalue weighted by atomic mass is 10.1. The van der Waals surface area contributed by atoms with Gasteiger partial charge in [0, 0.05) is 12.7 Å². The number of carbonyl (C=O) groups is 1. The molecule has 4 nitrogen and oxygen atoms in total. The molecule has 0 amide bonds. The number of aliphatic carboxylic acids is 1. The van der Waals surface area contributed by atoms with Crippen LogP contribution in [0.3, 0.4) is 0 Å². The van der Waals surface area contributed by atoms with E-state index in [9.17, 15) is 4.79 Å². The second-order valence-corrected chi connectivity index (χ2v) is 4.63. The van der Waals surface area contributed by atoms with Gasteiger partial charge in [0.25, 0.3) is 0 Å². The number of alkyl halides is 1. The van der Waals surface area contributed by atoms with Crippen LogP contribution in [-0.2, 0) is 11.2 Å². The van der Waals surface area contributed by atoms with E-state index in [2.05, 4.69) is 0 Å². The molecule has 0 fully saturated rings. The van der Waals surface area contributed by atoms with Crippen LogP contribution in [0, 0.1) is 0 Å². The summed E-state index contributed by atoms with van der Waals surface area (Å²) in [5.74, 6) is -0.986. The number of anilines is 1. The Morgan fingerprint density at radius 2 is 2.00 bits per heavy atom. The summed E-state index contributed by atoms with van der Waals surface area (Å²) in [6, 6.07) is 6.69. The lowest BCUT2D eigenvalue weighted by molar-refractivity contribution is -0.138. The first-order chi connectivity index (χ1) is 7.91. The summed E-state index contributed by atoms with van der Waals surface area (Å²) in [6.07, 6.45) is 0.329. The van der Waals surface area contributed by atoms with E-state index in [-0.39, 0.29) is 5.50 Å². The van der Waals surface area contributed by atoms with Gasteiger partial charge in [-0.2, -0.15) is 0 Å². The van der Waals surface area contributed by atoms with E-state index in [1.165, 1.54) is 0 Å². The predicted molar refractivity (Wildman–Crippen MR) is 69.5 cm³/mol. The van der Waals surface area contributed by atoms with E-state index >= 15 is 0 Å². The van der Waals surface area contributed by atoms with E-state index in [1.807, 2.05) is 43.1 Å². The van der Waals surface area contributed by atoms with Crippen LogP contribution < -0.4 is 10.6 Å². The molecule has 2 unspecified atom stereocenters. The maximum atomic E-state index is 10.6. The molecule has 94 valence electrons. The van der Waals surface area contributed by atoms with Gasteiger partial charge in [0.1, 0.15) is 11.5 Å². The summed E-state index contributed by atoms with van der Waals surface area (Å²) >= 11 is 5.96. The first kappa shape index (κ1) is 13.8. The maximum absolute atomic E-state index is 10.6.